The predicted molar refractivity (Wildman–Crippen MR) is 75.2 cm³/mol. The van der Waals surface area contributed by atoms with E-state index in [0.717, 1.165) is 17.7 Å². The number of likely N-dealkylation sites (N-methyl/N-ethyl adjacent to an activating group) is 1. The second kappa shape index (κ2) is 6.21. The summed E-state index contributed by atoms with van der Waals surface area (Å²) in [6.45, 7) is 6.35. The van der Waals surface area contributed by atoms with E-state index in [-0.39, 0.29) is 11.6 Å². The van der Waals surface area contributed by atoms with E-state index in [4.69, 9.17) is 9.47 Å². The normalized spacial score (nSPS) is 16.1. The van der Waals surface area contributed by atoms with Crippen LogP contribution in [-0.4, -0.2) is 26.9 Å². The van der Waals surface area contributed by atoms with E-state index in [1.165, 1.54) is 5.56 Å². The van der Waals surface area contributed by atoms with E-state index in [0.29, 0.717) is 0 Å². The smallest absolute Gasteiger partial charge is 0.123 e. The Balaban J connectivity index is 3.27. The van der Waals surface area contributed by atoms with Gasteiger partial charge in [-0.05, 0) is 33.4 Å². The van der Waals surface area contributed by atoms with Crippen molar-refractivity contribution < 1.29 is 9.47 Å². The second-order valence-corrected chi connectivity index (χ2v) is 4.84. The highest BCUT2D eigenvalue weighted by atomic mass is 16.5. The van der Waals surface area contributed by atoms with Crippen LogP contribution < -0.4 is 10.1 Å². The van der Waals surface area contributed by atoms with Gasteiger partial charge in [0.05, 0.1) is 18.8 Å². The first-order valence-electron chi connectivity index (χ1n) is 6.39. The number of hydrogen-bond donors (Lipinski definition) is 1. The second-order valence-electron chi connectivity index (χ2n) is 4.84. The third-order valence-electron chi connectivity index (χ3n) is 3.76. The highest BCUT2D eigenvalue weighted by Crippen LogP contribution is 2.36. The molecule has 1 aromatic rings. The SMILES string of the molecule is CCC(C)(OC)C(NC)c1cc(C)ccc1OC. The van der Waals surface area contributed by atoms with Gasteiger partial charge in [-0.15, -0.1) is 0 Å². The molecule has 0 aliphatic carbocycles. The molecule has 0 heterocycles. The van der Waals surface area contributed by atoms with Gasteiger partial charge in [-0.3, -0.25) is 0 Å². The van der Waals surface area contributed by atoms with Crippen LogP contribution in [0.3, 0.4) is 0 Å². The number of methoxy groups -OCH3 is 2. The molecule has 0 saturated carbocycles. The number of rotatable bonds is 6. The Morgan fingerprint density at radius 1 is 1.33 bits per heavy atom. The van der Waals surface area contributed by atoms with Crippen LogP contribution in [0.4, 0.5) is 0 Å². The first-order valence-corrected chi connectivity index (χ1v) is 6.39. The molecule has 0 saturated heterocycles. The van der Waals surface area contributed by atoms with Crippen LogP contribution in [0.2, 0.25) is 0 Å². The van der Waals surface area contributed by atoms with Crippen LogP contribution in [-0.2, 0) is 4.74 Å². The molecule has 0 bridgehead atoms. The van der Waals surface area contributed by atoms with Gasteiger partial charge in [-0.2, -0.15) is 0 Å². The van der Waals surface area contributed by atoms with Gasteiger partial charge < -0.3 is 14.8 Å². The fourth-order valence-electron chi connectivity index (χ4n) is 2.34. The Bertz CT molecular complexity index is 386. The molecule has 0 aliphatic heterocycles. The van der Waals surface area contributed by atoms with Crippen LogP contribution in [0.5, 0.6) is 5.75 Å². The lowest BCUT2D eigenvalue weighted by Crippen LogP contribution is -2.41. The Morgan fingerprint density at radius 2 is 2.00 bits per heavy atom. The maximum absolute atomic E-state index is 5.72. The first-order chi connectivity index (χ1) is 8.52. The molecule has 0 aromatic heterocycles. The van der Waals surface area contributed by atoms with Crippen molar-refractivity contribution in [1.82, 2.24) is 5.32 Å². The molecule has 0 aliphatic rings. The van der Waals surface area contributed by atoms with Crippen molar-refractivity contribution in [3.05, 3.63) is 29.3 Å². The summed E-state index contributed by atoms with van der Waals surface area (Å²) in [5.74, 6) is 0.900. The molecule has 2 atom stereocenters. The van der Waals surface area contributed by atoms with Gasteiger partial charge in [0.15, 0.2) is 0 Å². The molecule has 2 unspecified atom stereocenters. The van der Waals surface area contributed by atoms with E-state index in [2.05, 4.69) is 38.2 Å². The summed E-state index contributed by atoms with van der Waals surface area (Å²) in [6.07, 6.45) is 0.923. The summed E-state index contributed by atoms with van der Waals surface area (Å²) in [7, 11) is 5.42. The van der Waals surface area contributed by atoms with E-state index in [1.54, 1.807) is 14.2 Å². The Hall–Kier alpha value is -1.06. The zero-order valence-electron chi connectivity index (χ0n) is 12.3. The van der Waals surface area contributed by atoms with Gasteiger partial charge >= 0.3 is 0 Å². The molecule has 0 spiro atoms. The van der Waals surface area contributed by atoms with Gasteiger partial charge in [0.2, 0.25) is 0 Å². The monoisotopic (exact) mass is 251 g/mol. The Morgan fingerprint density at radius 3 is 2.44 bits per heavy atom. The maximum atomic E-state index is 5.72. The summed E-state index contributed by atoms with van der Waals surface area (Å²) in [5.41, 5.74) is 2.11. The van der Waals surface area contributed by atoms with Crippen LogP contribution >= 0.6 is 0 Å². The number of benzene rings is 1. The van der Waals surface area contributed by atoms with Gasteiger partial charge in [0.25, 0.3) is 0 Å². The zero-order valence-corrected chi connectivity index (χ0v) is 12.3. The lowest BCUT2D eigenvalue weighted by atomic mass is 9.86. The van der Waals surface area contributed by atoms with Crippen LogP contribution in [0.15, 0.2) is 18.2 Å². The minimum atomic E-state index is -0.254. The minimum absolute atomic E-state index is 0.0994. The number of hydrogen-bond acceptors (Lipinski definition) is 3. The van der Waals surface area contributed by atoms with Crippen LogP contribution in [0.25, 0.3) is 0 Å². The first kappa shape index (κ1) is 15.0. The quantitative estimate of drug-likeness (QED) is 0.843. The van der Waals surface area contributed by atoms with E-state index in [1.807, 2.05) is 13.1 Å². The summed E-state index contributed by atoms with van der Waals surface area (Å²) >= 11 is 0. The fraction of sp³-hybridized carbons (Fsp3) is 0.600. The number of nitrogens with one attached hydrogen (secondary N) is 1. The summed E-state index contributed by atoms with van der Waals surface area (Å²) in [6, 6.07) is 6.33. The highest BCUT2D eigenvalue weighted by molar-refractivity contribution is 5.40. The van der Waals surface area contributed by atoms with Crippen molar-refractivity contribution in [3.8, 4) is 5.75 Å². The maximum Gasteiger partial charge on any atom is 0.123 e. The summed E-state index contributed by atoms with van der Waals surface area (Å²) in [4.78, 5) is 0. The standard InChI is InChI=1S/C15H25NO2/c1-7-15(3,18-6)14(16-4)12-10-11(2)8-9-13(12)17-5/h8-10,14,16H,7H2,1-6H3. The van der Waals surface area contributed by atoms with Crippen molar-refractivity contribution in [1.29, 1.82) is 0 Å². The van der Waals surface area contributed by atoms with Crippen LogP contribution in [0.1, 0.15) is 37.4 Å². The Kier molecular flexibility index (Phi) is 5.17. The fourth-order valence-corrected chi connectivity index (χ4v) is 2.34. The lowest BCUT2D eigenvalue weighted by molar-refractivity contribution is -0.0285. The molecule has 0 fully saturated rings. The molecule has 1 N–H and O–H groups in total. The third-order valence-corrected chi connectivity index (χ3v) is 3.76. The molecule has 3 heteroatoms. The van der Waals surface area contributed by atoms with Crippen molar-refractivity contribution in [2.24, 2.45) is 0 Å². The van der Waals surface area contributed by atoms with Crippen LogP contribution in [0, 0.1) is 6.92 Å². The van der Waals surface area contributed by atoms with Crippen molar-refractivity contribution in [3.63, 3.8) is 0 Å². The summed E-state index contributed by atoms with van der Waals surface area (Å²) < 4.78 is 11.2. The van der Waals surface area contributed by atoms with Gasteiger partial charge in [-0.25, -0.2) is 0 Å². The molecular formula is C15H25NO2. The van der Waals surface area contributed by atoms with Crippen molar-refractivity contribution >= 4 is 0 Å². The molecule has 1 rings (SSSR count). The number of aryl methyl sites for hydroxylation is 1. The van der Waals surface area contributed by atoms with Gasteiger partial charge in [0.1, 0.15) is 5.75 Å². The largest absolute Gasteiger partial charge is 0.496 e. The summed E-state index contributed by atoms with van der Waals surface area (Å²) in [5, 5.41) is 3.36. The molecule has 0 radical (unpaired) electrons. The topological polar surface area (TPSA) is 30.5 Å². The average Bonchev–Trinajstić information content (AvgIpc) is 2.39. The molecule has 0 amide bonds. The predicted octanol–water partition coefficient (Wildman–Crippen LogP) is 3.08. The lowest BCUT2D eigenvalue weighted by Gasteiger charge is -2.36. The van der Waals surface area contributed by atoms with E-state index in [9.17, 15) is 0 Å². The minimum Gasteiger partial charge on any atom is -0.496 e. The molecule has 3 nitrogen and oxygen atoms in total. The number of ether oxygens (including phenoxy) is 2. The molecule has 1 aromatic carbocycles. The molecule has 102 valence electrons. The zero-order chi connectivity index (χ0) is 13.8. The van der Waals surface area contributed by atoms with Gasteiger partial charge in [0, 0.05) is 12.7 Å². The van der Waals surface area contributed by atoms with Crippen molar-refractivity contribution in [2.45, 2.75) is 38.8 Å². The molecular weight excluding hydrogens is 226 g/mol. The molecule has 18 heavy (non-hydrogen) atoms. The van der Waals surface area contributed by atoms with E-state index >= 15 is 0 Å². The van der Waals surface area contributed by atoms with E-state index < -0.39 is 0 Å². The third kappa shape index (κ3) is 2.85. The average molecular weight is 251 g/mol. The Labute approximate surface area is 110 Å². The van der Waals surface area contributed by atoms with Gasteiger partial charge in [-0.1, -0.05) is 24.6 Å². The highest BCUT2D eigenvalue weighted by Gasteiger charge is 2.34. The van der Waals surface area contributed by atoms with Crippen molar-refractivity contribution in [2.75, 3.05) is 21.3 Å².